The average Bonchev–Trinajstić information content (AvgIpc) is 3.15. The van der Waals surface area contributed by atoms with E-state index in [1.54, 1.807) is 24.3 Å². The molecular weight excluding hydrogens is 332 g/mol. The van der Waals surface area contributed by atoms with Gasteiger partial charge in [0.15, 0.2) is 6.61 Å². The fourth-order valence-electron chi connectivity index (χ4n) is 2.88. The molecule has 0 atom stereocenters. The molecule has 0 bridgehead atoms. The maximum atomic E-state index is 12.0. The van der Waals surface area contributed by atoms with E-state index in [1.807, 2.05) is 24.3 Å². The van der Waals surface area contributed by atoms with Crippen LogP contribution in [0.3, 0.4) is 0 Å². The highest BCUT2D eigenvalue weighted by Gasteiger charge is 2.16. The zero-order valence-electron chi connectivity index (χ0n) is 14.4. The maximum absolute atomic E-state index is 12.0. The van der Waals surface area contributed by atoms with Crippen molar-refractivity contribution in [2.75, 3.05) is 11.9 Å². The van der Waals surface area contributed by atoms with Gasteiger partial charge in [0.25, 0.3) is 5.91 Å². The summed E-state index contributed by atoms with van der Waals surface area (Å²) in [6, 6.07) is 13.6. The molecule has 26 heavy (non-hydrogen) atoms. The van der Waals surface area contributed by atoms with Crippen molar-refractivity contribution >= 4 is 17.5 Å². The molecule has 0 radical (unpaired) electrons. The summed E-state index contributed by atoms with van der Waals surface area (Å²) in [5.74, 6) is 0.536. The van der Waals surface area contributed by atoms with Gasteiger partial charge >= 0.3 is 0 Å². The molecule has 1 saturated carbocycles. The summed E-state index contributed by atoms with van der Waals surface area (Å²) < 4.78 is 11.3. The highest BCUT2D eigenvalue weighted by molar-refractivity contribution is 5.93. The smallest absolute Gasteiger partial charge is 0.262 e. The van der Waals surface area contributed by atoms with Crippen LogP contribution in [0.15, 0.2) is 48.5 Å². The van der Waals surface area contributed by atoms with E-state index >= 15 is 0 Å². The van der Waals surface area contributed by atoms with Crippen molar-refractivity contribution in [3.8, 4) is 11.5 Å². The second kappa shape index (κ2) is 8.38. The molecule has 6 nitrogen and oxygen atoms in total. The first kappa shape index (κ1) is 17.8. The van der Waals surface area contributed by atoms with Crippen LogP contribution in [0.5, 0.6) is 11.5 Å². The lowest BCUT2D eigenvalue weighted by Gasteiger charge is -2.13. The molecule has 1 aliphatic rings. The van der Waals surface area contributed by atoms with Crippen molar-refractivity contribution in [1.29, 1.82) is 0 Å². The first-order valence-corrected chi connectivity index (χ1v) is 8.69. The standard InChI is InChI=1S/C20H22N2O4/c21-20(24)14-5-9-16(10-6-14)25-13-19(23)22-15-7-11-18(12-8-15)26-17-3-1-2-4-17/h5-12,17H,1-4,13H2,(H2,21,24)(H,22,23). The van der Waals surface area contributed by atoms with Crippen LogP contribution in [0.25, 0.3) is 0 Å². The van der Waals surface area contributed by atoms with Crippen LogP contribution in [0.2, 0.25) is 0 Å². The fraction of sp³-hybridized carbons (Fsp3) is 0.300. The van der Waals surface area contributed by atoms with E-state index in [0.717, 1.165) is 18.6 Å². The normalized spacial score (nSPS) is 14.0. The van der Waals surface area contributed by atoms with Crippen molar-refractivity contribution in [3.63, 3.8) is 0 Å². The average molecular weight is 354 g/mol. The van der Waals surface area contributed by atoms with Crippen molar-refractivity contribution in [1.82, 2.24) is 0 Å². The molecular formula is C20H22N2O4. The van der Waals surface area contributed by atoms with Gasteiger partial charge in [-0.2, -0.15) is 0 Å². The Morgan fingerprint density at radius 1 is 0.962 bits per heavy atom. The summed E-state index contributed by atoms with van der Waals surface area (Å²) >= 11 is 0. The van der Waals surface area contributed by atoms with Crippen molar-refractivity contribution < 1.29 is 19.1 Å². The number of carbonyl (C=O) groups is 2. The Kier molecular flexibility index (Phi) is 5.73. The van der Waals surface area contributed by atoms with Gasteiger partial charge in [-0.15, -0.1) is 0 Å². The van der Waals surface area contributed by atoms with Gasteiger partial charge in [-0.1, -0.05) is 0 Å². The summed E-state index contributed by atoms with van der Waals surface area (Å²) in [6.07, 6.45) is 4.98. The molecule has 3 rings (SSSR count). The highest BCUT2D eigenvalue weighted by Crippen LogP contribution is 2.25. The Morgan fingerprint density at radius 2 is 1.58 bits per heavy atom. The number of ether oxygens (including phenoxy) is 2. The molecule has 0 unspecified atom stereocenters. The summed E-state index contributed by atoms with van der Waals surface area (Å²) in [5.41, 5.74) is 6.25. The predicted molar refractivity (Wildman–Crippen MR) is 98.4 cm³/mol. The lowest BCUT2D eigenvalue weighted by molar-refractivity contribution is -0.118. The molecule has 1 aliphatic carbocycles. The van der Waals surface area contributed by atoms with Gasteiger partial charge in [-0.25, -0.2) is 0 Å². The van der Waals surface area contributed by atoms with Gasteiger partial charge in [0.2, 0.25) is 5.91 Å². The Bertz CT molecular complexity index is 750. The van der Waals surface area contributed by atoms with Gasteiger partial charge < -0.3 is 20.5 Å². The summed E-state index contributed by atoms with van der Waals surface area (Å²) in [7, 11) is 0. The number of anilines is 1. The number of primary amides is 1. The molecule has 2 amide bonds. The van der Waals surface area contributed by atoms with E-state index < -0.39 is 5.91 Å². The fourth-order valence-corrected chi connectivity index (χ4v) is 2.88. The third-order valence-electron chi connectivity index (χ3n) is 4.25. The minimum atomic E-state index is -0.505. The molecule has 0 spiro atoms. The highest BCUT2D eigenvalue weighted by atomic mass is 16.5. The van der Waals surface area contributed by atoms with Crippen molar-refractivity contribution in [3.05, 3.63) is 54.1 Å². The first-order chi connectivity index (χ1) is 12.6. The predicted octanol–water partition coefficient (Wildman–Crippen LogP) is 3.12. The lowest BCUT2D eigenvalue weighted by Crippen LogP contribution is -2.20. The Balaban J connectivity index is 1.45. The summed E-state index contributed by atoms with van der Waals surface area (Å²) in [6.45, 7) is -0.129. The summed E-state index contributed by atoms with van der Waals surface area (Å²) in [5, 5.41) is 2.77. The molecule has 6 heteroatoms. The number of nitrogens with two attached hydrogens (primary N) is 1. The number of rotatable bonds is 7. The number of amides is 2. The largest absolute Gasteiger partial charge is 0.490 e. The molecule has 0 aliphatic heterocycles. The molecule has 0 aromatic heterocycles. The van der Waals surface area contributed by atoms with Gasteiger partial charge in [-0.05, 0) is 74.2 Å². The Morgan fingerprint density at radius 3 is 2.19 bits per heavy atom. The number of hydrogen-bond donors (Lipinski definition) is 2. The van der Waals surface area contributed by atoms with Gasteiger partial charge in [0.05, 0.1) is 6.10 Å². The number of benzene rings is 2. The van der Waals surface area contributed by atoms with E-state index in [0.29, 0.717) is 23.1 Å². The van der Waals surface area contributed by atoms with Gasteiger partial charge in [-0.3, -0.25) is 9.59 Å². The topological polar surface area (TPSA) is 90.7 Å². The van der Waals surface area contributed by atoms with E-state index in [1.165, 1.54) is 12.8 Å². The summed E-state index contributed by atoms with van der Waals surface area (Å²) in [4.78, 5) is 23.0. The molecule has 136 valence electrons. The van der Waals surface area contributed by atoms with Crippen LogP contribution in [-0.4, -0.2) is 24.5 Å². The molecule has 1 fully saturated rings. The van der Waals surface area contributed by atoms with Gasteiger partial charge in [0.1, 0.15) is 11.5 Å². The monoisotopic (exact) mass is 354 g/mol. The van der Waals surface area contributed by atoms with Gasteiger partial charge in [0, 0.05) is 11.3 Å². The minimum Gasteiger partial charge on any atom is -0.490 e. The molecule has 2 aromatic carbocycles. The quantitative estimate of drug-likeness (QED) is 0.799. The molecule has 2 aromatic rings. The third kappa shape index (κ3) is 4.99. The van der Waals surface area contributed by atoms with Crippen LogP contribution < -0.4 is 20.5 Å². The molecule has 3 N–H and O–H groups in total. The second-order valence-corrected chi connectivity index (χ2v) is 6.27. The zero-order chi connectivity index (χ0) is 18.4. The van der Waals surface area contributed by atoms with E-state index in [4.69, 9.17) is 15.2 Å². The van der Waals surface area contributed by atoms with Crippen molar-refractivity contribution in [2.24, 2.45) is 5.73 Å². The van der Waals surface area contributed by atoms with E-state index in [9.17, 15) is 9.59 Å². The third-order valence-corrected chi connectivity index (χ3v) is 4.25. The SMILES string of the molecule is NC(=O)c1ccc(OCC(=O)Nc2ccc(OC3CCCC3)cc2)cc1. The Hall–Kier alpha value is -3.02. The first-order valence-electron chi connectivity index (χ1n) is 8.69. The van der Waals surface area contributed by atoms with Crippen molar-refractivity contribution in [2.45, 2.75) is 31.8 Å². The van der Waals surface area contributed by atoms with Crippen LogP contribution in [0.4, 0.5) is 5.69 Å². The van der Waals surface area contributed by atoms with E-state index in [-0.39, 0.29) is 12.5 Å². The van der Waals surface area contributed by atoms with Crippen LogP contribution >= 0.6 is 0 Å². The minimum absolute atomic E-state index is 0.129. The Labute approximate surface area is 152 Å². The second-order valence-electron chi connectivity index (χ2n) is 6.27. The molecule has 0 heterocycles. The molecule has 0 saturated heterocycles. The van der Waals surface area contributed by atoms with E-state index in [2.05, 4.69) is 5.32 Å². The number of hydrogen-bond acceptors (Lipinski definition) is 4. The zero-order valence-corrected chi connectivity index (χ0v) is 14.4. The lowest BCUT2D eigenvalue weighted by atomic mass is 10.2. The van der Waals surface area contributed by atoms with Crippen LogP contribution in [-0.2, 0) is 4.79 Å². The van der Waals surface area contributed by atoms with Crippen LogP contribution in [0.1, 0.15) is 36.0 Å². The number of carbonyl (C=O) groups excluding carboxylic acids is 2. The number of nitrogens with one attached hydrogen (secondary N) is 1. The maximum Gasteiger partial charge on any atom is 0.262 e. The van der Waals surface area contributed by atoms with Crippen LogP contribution in [0, 0.1) is 0 Å².